The van der Waals surface area contributed by atoms with Crippen molar-refractivity contribution in [3.8, 4) is 0 Å². The van der Waals surface area contributed by atoms with Gasteiger partial charge in [0.2, 0.25) is 5.91 Å². The molecule has 1 amide bonds. The molecule has 1 atom stereocenters. The molecule has 1 saturated heterocycles. The summed E-state index contributed by atoms with van der Waals surface area (Å²) in [6.45, 7) is 1.35. The second kappa shape index (κ2) is 4.96. The molecule has 0 aliphatic carbocycles. The van der Waals surface area contributed by atoms with Gasteiger partial charge in [-0.2, -0.15) is 5.10 Å². The first-order valence-corrected chi connectivity index (χ1v) is 5.38. The first-order valence-electron chi connectivity index (χ1n) is 5.38. The maximum absolute atomic E-state index is 11.2. The van der Waals surface area contributed by atoms with Crippen LogP contribution >= 0.6 is 0 Å². The smallest absolute Gasteiger partial charge is 0.322 e. The quantitative estimate of drug-likeness (QED) is 0.685. The number of aromatic nitrogens is 2. The Labute approximate surface area is 98.0 Å². The van der Waals surface area contributed by atoms with Crippen LogP contribution in [0.3, 0.4) is 0 Å². The lowest BCUT2D eigenvalue weighted by atomic mass is 10.2. The summed E-state index contributed by atoms with van der Waals surface area (Å²) in [6, 6.07) is 1.15. The Kier molecular flexibility index (Phi) is 3.38. The molecule has 1 unspecified atom stereocenters. The molecule has 92 valence electrons. The molecule has 1 fully saturated rings. The molecule has 1 aliphatic heterocycles. The Morgan fingerprint density at radius 3 is 3.06 bits per heavy atom. The van der Waals surface area contributed by atoms with E-state index < -0.39 is 12.0 Å². The van der Waals surface area contributed by atoms with Gasteiger partial charge in [0.05, 0.1) is 13.1 Å². The van der Waals surface area contributed by atoms with Crippen LogP contribution in [0.2, 0.25) is 0 Å². The van der Waals surface area contributed by atoms with E-state index in [2.05, 4.69) is 10.4 Å². The van der Waals surface area contributed by atoms with Crippen molar-refractivity contribution in [1.29, 1.82) is 0 Å². The molecule has 0 radical (unpaired) electrons. The average Bonchev–Trinajstić information content (AvgIpc) is 2.78. The van der Waals surface area contributed by atoms with E-state index in [1.807, 2.05) is 0 Å². The lowest BCUT2D eigenvalue weighted by molar-refractivity contribution is -0.146. The summed E-state index contributed by atoms with van der Waals surface area (Å²) in [5.41, 5.74) is 0. The molecule has 2 N–H and O–H groups in total. The van der Waals surface area contributed by atoms with E-state index >= 15 is 0 Å². The van der Waals surface area contributed by atoms with Gasteiger partial charge in [0.15, 0.2) is 0 Å². The number of carbonyl (C=O) groups excluding carboxylic acids is 1. The van der Waals surface area contributed by atoms with Crippen molar-refractivity contribution in [3.63, 3.8) is 0 Å². The summed E-state index contributed by atoms with van der Waals surface area (Å²) in [7, 11) is 0. The molecule has 1 aromatic rings. The van der Waals surface area contributed by atoms with Crippen molar-refractivity contribution in [2.24, 2.45) is 0 Å². The summed E-state index contributed by atoms with van der Waals surface area (Å²) in [5.74, 6) is -1.05. The third-order valence-corrected chi connectivity index (χ3v) is 2.74. The van der Waals surface area contributed by atoms with Gasteiger partial charge in [-0.05, 0) is 6.07 Å². The van der Waals surface area contributed by atoms with E-state index in [1.165, 1.54) is 0 Å². The molecule has 7 nitrogen and oxygen atoms in total. The van der Waals surface area contributed by atoms with Crippen LogP contribution in [-0.4, -0.2) is 57.3 Å². The van der Waals surface area contributed by atoms with E-state index in [-0.39, 0.29) is 19.0 Å². The molecule has 1 aliphatic rings. The van der Waals surface area contributed by atoms with Crippen LogP contribution in [0.1, 0.15) is 0 Å². The maximum Gasteiger partial charge on any atom is 0.322 e. The molecule has 0 spiro atoms. The van der Waals surface area contributed by atoms with Gasteiger partial charge < -0.3 is 10.4 Å². The molecule has 0 saturated carbocycles. The number of carbonyl (C=O) groups is 2. The van der Waals surface area contributed by atoms with Crippen molar-refractivity contribution < 1.29 is 14.7 Å². The van der Waals surface area contributed by atoms with Crippen molar-refractivity contribution >= 4 is 11.9 Å². The second-order valence-corrected chi connectivity index (χ2v) is 3.90. The Morgan fingerprint density at radius 1 is 1.59 bits per heavy atom. The van der Waals surface area contributed by atoms with E-state index in [4.69, 9.17) is 5.11 Å². The zero-order valence-electron chi connectivity index (χ0n) is 9.24. The minimum atomic E-state index is -0.912. The van der Waals surface area contributed by atoms with E-state index in [0.717, 1.165) is 0 Å². The van der Waals surface area contributed by atoms with Crippen LogP contribution < -0.4 is 5.32 Å². The number of hydrogen-bond acceptors (Lipinski definition) is 4. The summed E-state index contributed by atoms with van der Waals surface area (Å²) in [5, 5.41) is 15.6. The van der Waals surface area contributed by atoms with Crippen molar-refractivity contribution in [2.75, 3.05) is 19.6 Å². The molecule has 1 aromatic heterocycles. The van der Waals surface area contributed by atoms with Crippen LogP contribution in [0.5, 0.6) is 0 Å². The Hall–Kier alpha value is -1.89. The number of amides is 1. The largest absolute Gasteiger partial charge is 0.480 e. The number of carboxylic acid groups (broad SMARTS) is 1. The predicted octanol–water partition coefficient (Wildman–Crippen LogP) is -1.23. The number of carboxylic acids is 1. The van der Waals surface area contributed by atoms with Gasteiger partial charge in [0.25, 0.3) is 0 Å². The zero-order chi connectivity index (χ0) is 12.3. The normalized spacial score (nSPS) is 21.2. The zero-order valence-corrected chi connectivity index (χ0v) is 9.24. The highest BCUT2D eigenvalue weighted by atomic mass is 16.4. The van der Waals surface area contributed by atoms with E-state index in [9.17, 15) is 9.59 Å². The lowest BCUT2D eigenvalue weighted by Crippen LogP contribution is -2.58. The standard InChI is InChI=1S/C10H14N4O3/c15-9-7-13(8(6-11-9)10(16)17)4-5-14-3-1-2-12-14/h1-3,8H,4-7H2,(H,11,15)(H,16,17). The number of piperazine rings is 1. The minimum absolute atomic E-state index is 0.123. The monoisotopic (exact) mass is 238 g/mol. The summed E-state index contributed by atoms with van der Waals surface area (Å²) in [6.07, 6.45) is 3.47. The van der Waals surface area contributed by atoms with Gasteiger partial charge in [0.1, 0.15) is 6.04 Å². The van der Waals surface area contributed by atoms with Gasteiger partial charge >= 0.3 is 5.97 Å². The van der Waals surface area contributed by atoms with Crippen molar-refractivity contribution in [3.05, 3.63) is 18.5 Å². The molecule has 2 heterocycles. The molecule has 2 rings (SSSR count). The molecular formula is C10H14N4O3. The maximum atomic E-state index is 11.2. The fourth-order valence-electron chi connectivity index (χ4n) is 1.83. The Morgan fingerprint density at radius 2 is 2.41 bits per heavy atom. The summed E-state index contributed by atoms with van der Waals surface area (Å²) >= 11 is 0. The number of aliphatic carboxylic acids is 1. The predicted molar refractivity (Wildman–Crippen MR) is 58.2 cm³/mol. The number of hydrogen-bond donors (Lipinski definition) is 2. The van der Waals surface area contributed by atoms with Crippen molar-refractivity contribution in [2.45, 2.75) is 12.6 Å². The molecular weight excluding hydrogens is 224 g/mol. The fraction of sp³-hybridized carbons (Fsp3) is 0.500. The number of rotatable bonds is 4. The van der Waals surface area contributed by atoms with Crippen LogP contribution in [-0.2, 0) is 16.1 Å². The van der Waals surface area contributed by atoms with Gasteiger partial charge in [-0.15, -0.1) is 0 Å². The SMILES string of the molecule is O=C1CN(CCn2cccn2)C(C(=O)O)CN1. The van der Waals surface area contributed by atoms with Gasteiger partial charge in [-0.1, -0.05) is 0 Å². The second-order valence-electron chi connectivity index (χ2n) is 3.90. The van der Waals surface area contributed by atoms with Gasteiger partial charge in [-0.3, -0.25) is 19.2 Å². The summed E-state index contributed by atoms with van der Waals surface area (Å²) in [4.78, 5) is 23.9. The third-order valence-electron chi connectivity index (χ3n) is 2.74. The van der Waals surface area contributed by atoms with Crippen LogP contribution in [0.25, 0.3) is 0 Å². The third kappa shape index (κ3) is 2.82. The molecule has 17 heavy (non-hydrogen) atoms. The van der Waals surface area contributed by atoms with Crippen LogP contribution in [0.15, 0.2) is 18.5 Å². The lowest BCUT2D eigenvalue weighted by Gasteiger charge is -2.32. The molecule has 0 aromatic carbocycles. The van der Waals surface area contributed by atoms with Crippen molar-refractivity contribution in [1.82, 2.24) is 20.0 Å². The Bertz CT molecular complexity index is 404. The molecule has 0 bridgehead atoms. The highest BCUT2D eigenvalue weighted by Gasteiger charge is 2.31. The first-order chi connectivity index (χ1) is 8.16. The first kappa shape index (κ1) is 11.6. The van der Waals surface area contributed by atoms with Crippen LogP contribution in [0.4, 0.5) is 0 Å². The highest BCUT2D eigenvalue weighted by Crippen LogP contribution is 2.04. The highest BCUT2D eigenvalue weighted by molar-refractivity contribution is 5.83. The minimum Gasteiger partial charge on any atom is -0.480 e. The average molecular weight is 238 g/mol. The fourth-order valence-corrected chi connectivity index (χ4v) is 1.83. The Balaban J connectivity index is 1.95. The van der Waals surface area contributed by atoms with E-state index in [1.54, 1.807) is 28.0 Å². The molecule has 7 heteroatoms. The van der Waals surface area contributed by atoms with E-state index in [0.29, 0.717) is 13.1 Å². The topological polar surface area (TPSA) is 87.5 Å². The number of nitrogens with one attached hydrogen (secondary N) is 1. The number of nitrogens with zero attached hydrogens (tertiary/aromatic N) is 3. The van der Waals surface area contributed by atoms with Gasteiger partial charge in [-0.25, -0.2) is 0 Å². The van der Waals surface area contributed by atoms with Crippen LogP contribution in [0, 0.1) is 0 Å². The summed E-state index contributed by atoms with van der Waals surface area (Å²) < 4.78 is 1.71. The van der Waals surface area contributed by atoms with Gasteiger partial charge in [0, 0.05) is 25.5 Å².